The van der Waals surface area contributed by atoms with Crippen molar-refractivity contribution in [1.29, 1.82) is 5.26 Å². The first-order chi connectivity index (χ1) is 16.2. The van der Waals surface area contributed by atoms with Crippen molar-refractivity contribution in [2.45, 2.75) is 30.2 Å². The largest absolute Gasteiger partial charge is 0.573 e. The van der Waals surface area contributed by atoms with Crippen LogP contribution in [0.3, 0.4) is 0 Å². The molecule has 1 aromatic heterocycles. The van der Waals surface area contributed by atoms with Crippen LogP contribution in [0.25, 0.3) is 10.9 Å². The lowest BCUT2D eigenvalue weighted by Crippen LogP contribution is -2.40. The Kier molecular flexibility index (Phi) is 6.66. The Bertz CT molecular complexity index is 1290. The van der Waals surface area contributed by atoms with Gasteiger partial charge in [-0.2, -0.15) is 5.26 Å². The summed E-state index contributed by atoms with van der Waals surface area (Å²) >= 11 is 1.54. The Morgan fingerprint density at radius 1 is 1.09 bits per heavy atom. The molecule has 3 aromatic rings. The number of benzene rings is 2. The lowest BCUT2D eigenvalue weighted by molar-refractivity contribution is -0.274. The highest BCUT2D eigenvalue weighted by atomic mass is 32.2. The Hall–Kier alpha value is -3.32. The molecule has 178 valence electrons. The molecule has 10 heteroatoms. The van der Waals surface area contributed by atoms with Crippen LogP contribution in [-0.4, -0.2) is 36.4 Å². The lowest BCUT2D eigenvalue weighted by atomic mass is 10.0. The standard InChI is InChI=1S/C24H22F3N3O3S/c1-29-22-18(4-3-5-20(22)34-2)21(19(14-28)23(29)31)30-12-10-16(11-13-30)32-15-6-8-17(9-7-15)33-24(25,26)27/h3-9,16H,10-13H2,1-2H3. The molecule has 0 aliphatic carbocycles. The summed E-state index contributed by atoms with van der Waals surface area (Å²) in [6.45, 7) is 1.14. The van der Waals surface area contributed by atoms with Gasteiger partial charge in [0, 0.05) is 43.3 Å². The number of aromatic nitrogens is 1. The third-order valence-electron chi connectivity index (χ3n) is 5.79. The summed E-state index contributed by atoms with van der Waals surface area (Å²) < 4.78 is 48.4. The molecule has 1 aliphatic heterocycles. The highest BCUT2D eigenvalue weighted by molar-refractivity contribution is 7.98. The number of pyridine rings is 1. The van der Waals surface area contributed by atoms with Gasteiger partial charge in [-0.15, -0.1) is 24.9 Å². The van der Waals surface area contributed by atoms with Gasteiger partial charge in [-0.25, -0.2) is 0 Å². The van der Waals surface area contributed by atoms with Crippen LogP contribution in [-0.2, 0) is 7.05 Å². The molecule has 4 rings (SSSR count). The molecule has 0 N–H and O–H groups in total. The maximum Gasteiger partial charge on any atom is 0.573 e. The Morgan fingerprint density at radius 3 is 2.32 bits per heavy atom. The second-order valence-corrected chi connectivity index (χ2v) is 8.73. The molecule has 2 aromatic carbocycles. The fourth-order valence-electron chi connectivity index (χ4n) is 4.27. The number of alkyl halides is 3. The summed E-state index contributed by atoms with van der Waals surface area (Å²) in [5.41, 5.74) is 1.23. The van der Waals surface area contributed by atoms with Gasteiger partial charge in [0.2, 0.25) is 0 Å². The van der Waals surface area contributed by atoms with Crippen molar-refractivity contribution in [3.63, 3.8) is 0 Å². The number of ether oxygens (including phenoxy) is 2. The molecule has 0 amide bonds. The van der Waals surface area contributed by atoms with Crippen molar-refractivity contribution in [1.82, 2.24) is 4.57 Å². The molecule has 1 fully saturated rings. The number of rotatable bonds is 5. The van der Waals surface area contributed by atoms with E-state index in [9.17, 15) is 23.2 Å². The average molecular weight is 490 g/mol. The molecule has 2 heterocycles. The quantitative estimate of drug-likeness (QED) is 0.466. The minimum absolute atomic E-state index is 0.118. The molecule has 0 radical (unpaired) electrons. The van der Waals surface area contributed by atoms with Crippen molar-refractivity contribution in [3.8, 4) is 17.6 Å². The summed E-state index contributed by atoms with van der Waals surface area (Å²) in [6, 6.07) is 13.2. The summed E-state index contributed by atoms with van der Waals surface area (Å²) in [6.07, 6.45) is -1.68. The van der Waals surface area contributed by atoms with Crippen LogP contribution in [0.15, 0.2) is 52.2 Å². The number of anilines is 1. The fourth-order valence-corrected chi connectivity index (χ4v) is 4.92. The number of nitrogens with zero attached hydrogens (tertiary/aromatic N) is 3. The zero-order chi connectivity index (χ0) is 24.5. The van der Waals surface area contributed by atoms with Crippen LogP contribution in [0.5, 0.6) is 11.5 Å². The van der Waals surface area contributed by atoms with Crippen LogP contribution in [0.2, 0.25) is 0 Å². The summed E-state index contributed by atoms with van der Waals surface area (Å²) in [5, 5.41) is 10.6. The normalized spacial score (nSPS) is 14.8. The lowest BCUT2D eigenvalue weighted by Gasteiger charge is -2.35. The van der Waals surface area contributed by atoms with E-state index in [4.69, 9.17) is 4.74 Å². The van der Waals surface area contributed by atoms with Gasteiger partial charge in [0.15, 0.2) is 0 Å². The number of para-hydroxylation sites is 1. The number of hydrogen-bond donors (Lipinski definition) is 0. The second-order valence-electron chi connectivity index (χ2n) is 7.88. The zero-order valence-corrected chi connectivity index (χ0v) is 19.4. The Balaban J connectivity index is 1.54. The SMILES string of the molecule is CSc1cccc2c(N3CCC(Oc4ccc(OC(F)(F)F)cc4)CC3)c(C#N)c(=O)n(C)c12. The van der Waals surface area contributed by atoms with Crippen LogP contribution in [0, 0.1) is 11.3 Å². The number of fused-ring (bicyclic) bond motifs is 1. The maximum atomic E-state index is 13.0. The van der Waals surface area contributed by atoms with Gasteiger partial charge in [0.05, 0.1) is 11.2 Å². The smallest absolute Gasteiger partial charge is 0.490 e. The summed E-state index contributed by atoms with van der Waals surface area (Å²) in [7, 11) is 1.68. The van der Waals surface area contributed by atoms with Gasteiger partial charge in [-0.3, -0.25) is 4.79 Å². The van der Waals surface area contributed by atoms with Crippen molar-refractivity contribution in [2.24, 2.45) is 7.05 Å². The molecule has 1 saturated heterocycles. The fraction of sp³-hybridized carbons (Fsp3) is 0.333. The molecule has 0 spiro atoms. The van der Waals surface area contributed by atoms with E-state index in [1.807, 2.05) is 29.4 Å². The van der Waals surface area contributed by atoms with E-state index in [1.54, 1.807) is 18.8 Å². The topological polar surface area (TPSA) is 67.5 Å². The molecule has 1 aliphatic rings. The number of aryl methyl sites for hydroxylation is 1. The number of piperidine rings is 1. The number of hydrogen-bond acceptors (Lipinski definition) is 6. The highest BCUT2D eigenvalue weighted by Gasteiger charge is 2.31. The van der Waals surface area contributed by atoms with E-state index >= 15 is 0 Å². The molecule has 0 atom stereocenters. The average Bonchev–Trinajstić information content (AvgIpc) is 2.81. The van der Waals surface area contributed by atoms with E-state index in [0.29, 0.717) is 37.4 Å². The minimum atomic E-state index is -4.74. The first kappa shape index (κ1) is 23.8. The van der Waals surface area contributed by atoms with Crippen LogP contribution in [0.4, 0.5) is 18.9 Å². The van der Waals surface area contributed by atoms with E-state index in [0.717, 1.165) is 15.8 Å². The number of halogens is 3. The van der Waals surface area contributed by atoms with E-state index in [1.165, 1.54) is 28.8 Å². The molecular weight excluding hydrogens is 467 g/mol. The monoisotopic (exact) mass is 489 g/mol. The third kappa shape index (κ3) is 4.80. The van der Waals surface area contributed by atoms with Crippen LogP contribution < -0.4 is 19.9 Å². The first-order valence-electron chi connectivity index (χ1n) is 10.6. The zero-order valence-electron chi connectivity index (χ0n) is 18.6. The second kappa shape index (κ2) is 9.50. The Labute approximate surface area is 198 Å². The molecule has 0 bridgehead atoms. The minimum Gasteiger partial charge on any atom is -0.490 e. The molecule has 34 heavy (non-hydrogen) atoms. The molecular formula is C24H22F3N3O3S. The maximum absolute atomic E-state index is 13.0. The number of thioether (sulfide) groups is 1. The van der Waals surface area contributed by atoms with Crippen molar-refractivity contribution in [2.75, 3.05) is 24.2 Å². The van der Waals surface area contributed by atoms with Crippen LogP contribution >= 0.6 is 11.8 Å². The summed E-state index contributed by atoms with van der Waals surface area (Å²) in [5.74, 6) is 0.148. The van der Waals surface area contributed by atoms with E-state index < -0.39 is 6.36 Å². The highest BCUT2D eigenvalue weighted by Crippen LogP contribution is 2.35. The van der Waals surface area contributed by atoms with Gasteiger partial charge in [0.25, 0.3) is 5.56 Å². The van der Waals surface area contributed by atoms with Crippen molar-refractivity contribution in [3.05, 3.63) is 58.4 Å². The Morgan fingerprint density at radius 2 is 1.74 bits per heavy atom. The van der Waals surface area contributed by atoms with E-state index in [-0.39, 0.29) is 23.0 Å². The summed E-state index contributed by atoms with van der Waals surface area (Å²) in [4.78, 5) is 16.0. The van der Waals surface area contributed by atoms with Crippen molar-refractivity contribution < 1.29 is 22.6 Å². The van der Waals surface area contributed by atoms with Gasteiger partial charge in [-0.1, -0.05) is 12.1 Å². The van der Waals surface area contributed by atoms with E-state index in [2.05, 4.69) is 10.8 Å². The van der Waals surface area contributed by atoms with Gasteiger partial charge in [-0.05, 0) is 36.6 Å². The molecule has 6 nitrogen and oxygen atoms in total. The van der Waals surface area contributed by atoms with Crippen LogP contribution in [0.1, 0.15) is 18.4 Å². The predicted molar refractivity (Wildman–Crippen MR) is 125 cm³/mol. The predicted octanol–water partition coefficient (Wildman–Crippen LogP) is 5.08. The molecule has 0 unspecified atom stereocenters. The van der Waals surface area contributed by atoms with Gasteiger partial charge in [0.1, 0.15) is 29.2 Å². The number of nitriles is 1. The van der Waals surface area contributed by atoms with Crippen molar-refractivity contribution >= 4 is 28.4 Å². The molecule has 0 saturated carbocycles. The third-order valence-corrected chi connectivity index (χ3v) is 6.56. The van der Waals surface area contributed by atoms with Gasteiger partial charge >= 0.3 is 6.36 Å². The van der Waals surface area contributed by atoms with Gasteiger partial charge < -0.3 is 18.9 Å². The first-order valence-corrected chi connectivity index (χ1v) is 11.8.